The Labute approximate surface area is 129 Å². The van der Waals surface area contributed by atoms with E-state index in [9.17, 15) is 12.8 Å². The highest BCUT2D eigenvalue weighted by Crippen LogP contribution is 2.25. The van der Waals surface area contributed by atoms with E-state index in [0.29, 0.717) is 6.54 Å². The van der Waals surface area contributed by atoms with Gasteiger partial charge in [-0.3, -0.25) is 0 Å². The summed E-state index contributed by atoms with van der Waals surface area (Å²) in [6.07, 6.45) is 1.70. The van der Waals surface area contributed by atoms with Crippen molar-refractivity contribution in [2.45, 2.75) is 30.7 Å². The summed E-state index contributed by atoms with van der Waals surface area (Å²) < 4.78 is 40.4. The zero-order valence-electron chi connectivity index (χ0n) is 10.9. The average Bonchev–Trinajstić information content (AvgIpc) is 2.34. The smallest absolute Gasteiger partial charge is 0.242 e. The van der Waals surface area contributed by atoms with Crippen molar-refractivity contribution in [3.8, 4) is 0 Å². The van der Waals surface area contributed by atoms with Gasteiger partial charge in [0.25, 0.3) is 0 Å². The second-order valence-corrected chi connectivity index (χ2v) is 6.79. The third-order valence-corrected chi connectivity index (χ3v) is 5.11. The van der Waals surface area contributed by atoms with E-state index in [0.717, 1.165) is 25.5 Å². The van der Waals surface area contributed by atoms with Crippen LogP contribution in [-0.2, 0) is 10.0 Å². The molecule has 1 aliphatic rings. The van der Waals surface area contributed by atoms with Crippen molar-refractivity contribution in [2.24, 2.45) is 0 Å². The molecule has 2 rings (SSSR count). The molecular weight excluding hydrogens is 326 g/mol. The largest absolute Gasteiger partial charge is 0.315 e. The minimum absolute atomic E-state index is 0. The second-order valence-electron chi connectivity index (χ2n) is 4.70. The van der Waals surface area contributed by atoms with Crippen LogP contribution in [0.3, 0.4) is 0 Å². The number of aryl methyl sites for hydroxylation is 1. The molecule has 0 aliphatic carbocycles. The Kier molecular flexibility index (Phi) is 6.22. The quantitative estimate of drug-likeness (QED) is 0.885. The van der Waals surface area contributed by atoms with E-state index in [-0.39, 0.29) is 33.9 Å². The fourth-order valence-electron chi connectivity index (χ4n) is 2.07. The van der Waals surface area contributed by atoms with Gasteiger partial charge in [0.15, 0.2) is 0 Å². The Bertz CT molecular complexity index is 575. The standard InChI is InChI=1S/C12H16ClFN2O2S.ClH/c1-8-5-12(10(13)6-11(8)14)19(17,18)16-9-3-2-4-15-7-9;/h5-6,9,15-16H,2-4,7H2,1H3;1H. The third kappa shape index (κ3) is 4.05. The topological polar surface area (TPSA) is 58.2 Å². The molecule has 1 heterocycles. The van der Waals surface area contributed by atoms with Crippen LogP contribution in [0.4, 0.5) is 4.39 Å². The first kappa shape index (κ1) is 17.7. The maximum atomic E-state index is 13.3. The molecule has 20 heavy (non-hydrogen) atoms. The van der Waals surface area contributed by atoms with E-state index in [1.54, 1.807) is 0 Å². The number of piperidine rings is 1. The maximum Gasteiger partial charge on any atom is 0.242 e. The molecule has 1 fully saturated rings. The molecule has 0 bridgehead atoms. The van der Waals surface area contributed by atoms with Gasteiger partial charge in [-0.15, -0.1) is 12.4 Å². The summed E-state index contributed by atoms with van der Waals surface area (Å²) in [5.41, 5.74) is 0.256. The van der Waals surface area contributed by atoms with Crippen LogP contribution in [0.5, 0.6) is 0 Å². The lowest BCUT2D eigenvalue weighted by atomic mass is 10.1. The first-order chi connectivity index (χ1) is 8.90. The summed E-state index contributed by atoms with van der Waals surface area (Å²) >= 11 is 5.83. The number of hydrogen-bond acceptors (Lipinski definition) is 3. The van der Waals surface area contributed by atoms with Crippen molar-refractivity contribution in [2.75, 3.05) is 13.1 Å². The van der Waals surface area contributed by atoms with E-state index in [4.69, 9.17) is 11.6 Å². The number of hydrogen-bond donors (Lipinski definition) is 2. The number of benzene rings is 1. The Hall–Kier alpha value is -0.400. The molecule has 1 aliphatic heterocycles. The van der Waals surface area contributed by atoms with Crippen LogP contribution in [0.15, 0.2) is 17.0 Å². The average molecular weight is 343 g/mol. The van der Waals surface area contributed by atoms with Crippen molar-refractivity contribution in [3.05, 3.63) is 28.5 Å². The molecule has 2 N–H and O–H groups in total. The summed E-state index contributed by atoms with van der Waals surface area (Å²) in [6, 6.07) is 2.14. The minimum Gasteiger partial charge on any atom is -0.315 e. The molecule has 114 valence electrons. The van der Waals surface area contributed by atoms with Gasteiger partial charge in [-0.05, 0) is 44.0 Å². The Balaban J connectivity index is 0.00000200. The van der Waals surface area contributed by atoms with E-state index < -0.39 is 15.8 Å². The lowest BCUT2D eigenvalue weighted by Gasteiger charge is -2.23. The fourth-order valence-corrected chi connectivity index (χ4v) is 3.94. The number of halogens is 3. The SMILES string of the molecule is Cc1cc(S(=O)(=O)NC2CCCNC2)c(Cl)cc1F.Cl. The second kappa shape index (κ2) is 7.04. The molecule has 0 saturated carbocycles. The zero-order chi connectivity index (χ0) is 14.0. The van der Waals surface area contributed by atoms with Gasteiger partial charge >= 0.3 is 0 Å². The third-order valence-electron chi connectivity index (χ3n) is 3.12. The van der Waals surface area contributed by atoms with E-state index >= 15 is 0 Å². The van der Waals surface area contributed by atoms with Crippen molar-refractivity contribution < 1.29 is 12.8 Å². The van der Waals surface area contributed by atoms with Gasteiger partial charge in [-0.1, -0.05) is 11.6 Å². The lowest BCUT2D eigenvalue weighted by molar-refractivity contribution is 0.428. The van der Waals surface area contributed by atoms with Crippen LogP contribution in [0.25, 0.3) is 0 Å². The normalized spacial score (nSPS) is 19.4. The molecular formula is C12H17Cl2FN2O2S. The zero-order valence-corrected chi connectivity index (χ0v) is 13.3. The van der Waals surface area contributed by atoms with Gasteiger partial charge in [-0.25, -0.2) is 17.5 Å². The van der Waals surface area contributed by atoms with Crippen molar-refractivity contribution in [1.29, 1.82) is 0 Å². The van der Waals surface area contributed by atoms with Crippen LogP contribution in [0.1, 0.15) is 18.4 Å². The molecule has 4 nitrogen and oxygen atoms in total. The van der Waals surface area contributed by atoms with Gasteiger partial charge in [-0.2, -0.15) is 0 Å². The van der Waals surface area contributed by atoms with Gasteiger partial charge in [0.2, 0.25) is 10.0 Å². The van der Waals surface area contributed by atoms with Crippen molar-refractivity contribution in [3.63, 3.8) is 0 Å². The molecule has 1 aromatic rings. The predicted octanol–water partition coefficient (Wildman–Crippen LogP) is 2.24. The van der Waals surface area contributed by atoms with Crippen LogP contribution in [0.2, 0.25) is 5.02 Å². The Morgan fingerprint density at radius 1 is 1.45 bits per heavy atom. The fraction of sp³-hybridized carbons (Fsp3) is 0.500. The van der Waals surface area contributed by atoms with Crippen LogP contribution in [-0.4, -0.2) is 27.5 Å². The van der Waals surface area contributed by atoms with Crippen LogP contribution in [0, 0.1) is 12.7 Å². The maximum absolute atomic E-state index is 13.3. The first-order valence-electron chi connectivity index (χ1n) is 6.09. The van der Waals surface area contributed by atoms with Gasteiger partial charge < -0.3 is 5.32 Å². The highest BCUT2D eigenvalue weighted by Gasteiger charge is 2.24. The summed E-state index contributed by atoms with van der Waals surface area (Å²) in [4.78, 5) is -0.0707. The minimum atomic E-state index is -3.72. The molecule has 1 unspecified atom stereocenters. The van der Waals surface area contributed by atoms with Gasteiger partial charge in [0, 0.05) is 12.6 Å². The summed E-state index contributed by atoms with van der Waals surface area (Å²) in [5.74, 6) is -0.511. The Morgan fingerprint density at radius 3 is 2.75 bits per heavy atom. The molecule has 1 atom stereocenters. The number of nitrogens with one attached hydrogen (secondary N) is 2. The summed E-state index contributed by atoms with van der Waals surface area (Å²) in [5, 5.41) is 3.03. The van der Waals surface area contributed by atoms with Crippen molar-refractivity contribution in [1.82, 2.24) is 10.0 Å². The molecule has 8 heteroatoms. The number of sulfonamides is 1. The predicted molar refractivity (Wildman–Crippen MR) is 79.6 cm³/mol. The first-order valence-corrected chi connectivity index (χ1v) is 7.95. The highest BCUT2D eigenvalue weighted by atomic mass is 35.5. The van der Waals surface area contributed by atoms with Crippen LogP contribution >= 0.6 is 24.0 Å². The van der Waals surface area contributed by atoms with E-state index in [1.165, 1.54) is 13.0 Å². The summed E-state index contributed by atoms with van der Waals surface area (Å²) in [7, 11) is -3.72. The van der Waals surface area contributed by atoms with Gasteiger partial charge in [0.05, 0.1) is 5.02 Å². The lowest BCUT2D eigenvalue weighted by Crippen LogP contribution is -2.45. The monoisotopic (exact) mass is 342 g/mol. The molecule has 1 saturated heterocycles. The van der Waals surface area contributed by atoms with E-state index in [1.807, 2.05) is 0 Å². The van der Waals surface area contributed by atoms with Gasteiger partial charge in [0.1, 0.15) is 10.7 Å². The highest BCUT2D eigenvalue weighted by molar-refractivity contribution is 7.89. The van der Waals surface area contributed by atoms with Crippen molar-refractivity contribution >= 4 is 34.0 Å². The molecule has 0 aromatic heterocycles. The molecule has 0 radical (unpaired) electrons. The molecule has 0 amide bonds. The Morgan fingerprint density at radius 2 is 2.15 bits per heavy atom. The number of rotatable bonds is 3. The van der Waals surface area contributed by atoms with Crippen LogP contribution < -0.4 is 10.0 Å². The molecule has 0 spiro atoms. The molecule has 1 aromatic carbocycles. The summed E-state index contributed by atoms with van der Waals surface area (Å²) in [6.45, 7) is 3.00. The van der Waals surface area contributed by atoms with E-state index in [2.05, 4.69) is 10.0 Å².